The fourth-order valence-electron chi connectivity index (χ4n) is 3.62. The number of carbonyl (C=O) groups is 1. The van der Waals surface area contributed by atoms with Gasteiger partial charge in [-0.15, -0.1) is 0 Å². The third kappa shape index (κ3) is 5.52. The molecular weight excluding hydrogens is 278 g/mol. The first-order valence-electron chi connectivity index (χ1n) is 9.01. The molecule has 1 saturated heterocycles. The molecule has 128 valence electrons. The Morgan fingerprint density at radius 2 is 1.68 bits per heavy atom. The summed E-state index contributed by atoms with van der Waals surface area (Å²) < 4.78 is 0. The lowest BCUT2D eigenvalue weighted by Crippen LogP contribution is -2.55. The number of rotatable bonds is 5. The van der Waals surface area contributed by atoms with Gasteiger partial charge in [0.25, 0.3) is 0 Å². The van der Waals surface area contributed by atoms with Crippen molar-refractivity contribution in [3.05, 3.63) is 0 Å². The second kappa shape index (κ2) is 8.85. The lowest BCUT2D eigenvalue weighted by molar-refractivity contribution is -0.127. The number of piperazine rings is 1. The molecule has 0 aromatic heterocycles. The van der Waals surface area contributed by atoms with E-state index in [0.717, 1.165) is 45.6 Å². The molecule has 2 aliphatic rings. The molecule has 22 heavy (non-hydrogen) atoms. The van der Waals surface area contributed by atoms with Crippen molar-refractivity contribution >= 4 is 5.91 Å². The Labute approximate surface area is 135 Å². The summed E-state index contributed by atoms with van der Waals surface area (Å²) in [6.07, 6.45) is 7.12. The molecule has 0 unspecified atom stereocenters. The second-order valence-corrected chi connectivity index (χ2v) is 7.06. The van der Waals surface area contributed by atoms with Gasteiger partial charge in [0.1, 0.15) is 0 Å². The average Bonchev–Trinajstić information content (AvgIpc) is 2.75. The van der Waals surface area contributed by atoms with Gasteiger partial charge < -0.3 is 10.4 Å². The Hall–Kier alpha value is -0.650. The Morgan fingerprint density at radius 1 is 1.09 bits per heavy atom. The van der Waals surface area contributed by atoms with E-state index >= 15 is 0 Å². The summed E-state index contributed by atoms with van der Waals surface area (Å²) in [5, 5.41) is 12.7. The Kier molecular flexibility index (Phi) is 7.12. The number of aliphatic hydroxyl groups excluding tert-OH is 1. The van der Waals surface area contributed by atoms with E-state index in [1.54, 1.807) is 0 Å². The monoisotopic (exact) mass is 311 g/mol. The minimum Gasteiger partial charge on any atom is -0.392 e. The molecule has 2 atom stereocenters. The molecule has 5 nitrogen and oxygen atoms in total. The van der Waals surface area contributed by atoms with Crippen LogP contribution in [0.3, 0.4) is 0 Å². The summed E-state index contributed by atoms with van der Waals surface area (Å²) in [5.74, 6) is 0.191. The summed E-state index contributed by atoms with van der Waals surface area (Å²) in [6, 6.07) is 0.339. The van der Waals surface area contributed by atoms with E-state index in [2.05, 4.69) is 15.1 Å². The molecule has 0 bridgehead atoms. The molecule has 0 radical (unpaired) electrons. The van der Waals surface area contributed by atoms with Crippen LogP contribution in [0, 0.1) is 0 Å². The first kappa shape index (κ1) is 17.7. The zero-order valence-corrected chi connectivity index (χ0v) is 14.3. The highest BCUT2D eigenvalue weighted by molar-refractivity contribution is 5.81. The van der Waals surface area contributed by atoms with E-state index in [9.17, 15) is 9.90 Å². The highest BCUT2D eigenvalue weighted by Gasteiger charge is 2.27. The highest BCUT2D eigenvalue weighted by atomic mass is 16.3. The van der Waals surface area contributed by atoms with Crippen LogP contribution < -0.4 is 5.32 Å². The molecule has 2 rings (SSSR count). The predicted molar refractivity (Wildman–Crippen MR) is 88.8 cm³/mol. The zero-order chi connectivity index (χ0) is 15.9. The molecule has 1 heterocycles. The SMILES string of the molecule is C[C@@H](O)CN1CCN([C@@H](C)C(=O)NC2CCCCCC2)CC1. The van der Waals surface area contributed by atoms with Gasteiger partial charge in [0.05, 0.1) is 12.1 Å². The van der Waals surface area contributed by atoms with Crippen LogP contribution in [0.2, 0.25) is 0 Å². The molecule has 2 N–H and O–H groups in total. The van der Waals surface area contributed by atoms with Crippen LogP contribution in [0.5, 0.6) is 0 Å². The van der Waals surface area contributed by atoms with Gasteiger partial charge in [-0.3, -0.25) is 14.6 Å². The van der Waals surface area contributed by atoms with Crippen LogP contribution >= 0.6 is 0 Å². The summed E-state index contributed by atoms with van der Waals surface area (Å²) in [5.41, 5.74) is 0. The van der Waals surface area contributed by atoms with E-state index in [0.29, 0.717) is 6.04 Å². The maximum atomic E-state index is 12.5. The number of aliphatic hydroxyl groups is 1. The van der Waals surface area contributed by atoms with E-state index in [1.807, 2.05) is 13.8 Å². The van der Waals surface area contributed by atoms with Crippen LogP contribution in [-0.2, 0) is 4.79 Å². The van der Waals surface area contributed by atoms with Gasteiger partial charge in [0.15, 0.2) is 0 Å². The van der Waals surface area contributed by atoms with Crippen molar-refractivity contribution in [2.45, 2.75) is 70.6 Å². The summed E-state index contributed by atoms with van der Waals surface area (Å²) in [6.45, 7) is 8.28. The minimum absolute atomic E-state index is 0.0445. The molecule has 0 spiro atoms. The van der Waals surface area contributed by atoms with Crippen LogP contribution in [0.25, 0.3) is 0 Å². The first-order chi connectivity index (χ1) is 10.6. The summed E-state index contributed by atoms with van der Waals surface area (Å²) in [7, 11) is 0. The van der Waals surface area contributed by atoms with Gasteiger partial charge in [-0.2, -0.15) is 0 Å². The lowest BCUT2D eigenvalue weighted by atomic mass is 10.1. The molecule has 0 aromatic rings. The number of hydrogen-bond acceptors (Lipinski definition) is 4. The number of hydrogen-bond donors (Lipinski definition) is 2. The van der Waals surface area contributed by atoms with Gasteiger partial charge in [0, 0.05) is 38.8 Å². The molecule has 1 aliphatic carbocycles. The van der Waals surface area contributed by atoms with Crippen molar-refractivity contribution in [2.75, 3.05) is 32.7 Å². The Morgan fingerprint density at radius 3 is 2.23 bits per heavy atom. The van der Waals surface area contributed by atoms with Crippen molar-refractivity contribution in [3.8, 4) is 0 Å². The molecule has 1 saturated carbocycles. The van der Waals surface area contributed by atoms with Gasteiger partial charge in [-0.05, 0) is 26.7 Å². The third-order valence-electron chi connectivity index (χ3n) is 5.06. The van der Waals surface area contributed by atoms with Gasteiger partial charge >= 0.3 is 0 Å². The largest absolute Gasteiger partial charge is 0.392 e. The van der Waals surface area contributed by atoms with E-state index in [-0.39, 0.29) is 18.1 Å². The normalized spacial score (nSPS) is 25.4. The quantitative estimate of drug-likeness (QED) is 0.750. The number of β-amino-alcohol motifs (C(OH)–C–C–N with tert-alkyl or cyclic N) is 1. The van der Waals surface area contributed by atoms with Gasteiger partial charge in [0.2, 0.25) is 5.91 Å². The number of amides is 1. The van der Waals surface area contributed by atoms with Crippen molar-refractivity contribution in [2.24, 2.45) is 0 Å². The fraction of sp³-hybridized carbons (Fsp3) is 0.941. The standard InChI is InChI=1S/C17H33N3O2/c1-14(21)13-19-9-11-20(12-10-19)15(2)17(22)18-16-7-5-3-4-6-8-16/h14-16,21H,3-13H2,1-2H3,(H,18,22)/t14-,15+/m1/s1. The second-order valence-electron chi connectivity index (χ2n) is 7.06. The van der Waals surface area contributed by atoms with Crippen LogP contribution in [-0.4, -0.2) is 71.7 Å². The van der Waals surface area contributed by atoms with Crippen molar-refractivity contribution < 1.29 is 9.90 Å². The van der Waals surface area contributed by atoms with E-state index in [4.69, 9.17) is 0 Å². The Bertz CT molecular complexity index is 333. The van der Waals surface area contributed by atoms with Crippen LogP contribution in [0.15, 0.2) is 0 Å². The number of carbonyl (C=O) groups excluding carboxylic acids is 1. The maximum absolute atomic E-state index is 12.5. The molecule has 0 aromatic carbocycles. The molecule has 5 heteroatoms. The number of nitrogens with one attached hydrogen (secondary N) is 1. The van der Waals surface area contributed by atoms with Crippen LogP contribution in [0.4, 0.5) is 0 Å². The van der Waals surface area contributed by atoms with Crippen LogP contribution in [0.1, 0.15) is 52.4 Å². The van der Waals surface area contributed by atoms with E-state index in [1.165, 1.54) is 25.7 Å². The molecule has 1 aliphatic heterocycles. The smallest absolute Gasteiger partial charge is 0.237 e. The maximum Gasteiger partial charge on any atom is 0.237 e. The Balaban J connectivity index is 1.74. The van der Waals surface area contributed by atoms with Gasteiger partial charge in [-0.1, -0.05) is 25.7 Å². The topological polar surface area (TPSA) is 55.8 Å². The summed E-state index contributed by atoms with van der Waals surface area (Å²) in [4.78, 5) is 17.0. The van der Waals surface area contributed by atoms with Gasteiger partial charge in [-0.25, -0.2) is 0 Å². The van der Waals surface area contributed by atoms with Crippen molar-refractivity contribution in [1.29, 1.82) is 0 Å². The zero-order valence-electron chi connectivity index (χ0n) is 14.3. The molecule has 2 fully saturated rings. The van der Waals surface area contributed by atoms with E-state index < -0.39 is 0 Å². The minimum atomic E-state index is -0.275. The third-order valence-corrected chi connectivity index (χ3v) is 5.06. The molecule has 1 amide bonds. The fourth-order valence-corrected chi connectivity index (χ4v) is 3.62. The van der Waals surface area contributed by atoms with Crippen molar-refractivity contribution in [3.63, 3.8) is 0 Å². The average molecular weight is 311 g/mol. The van der Waals surface area contributed by atoms with Crippen molar-refractivity contribution in [1.82, 2.24) is 15.1 Å². The molecular formula is C17H33N3O2. The summed E-state index contributed by atoms with van der Waals surface area (Å²) >= 11 is 0. The lowest BCUT2D eigenvalue weighted by Gasteiger charge is -2.38. The first-order valence-corrected chi connectivity index (χ1v) is 9.01. The predicted octanol–water partition coefficient (Wildman–Crippen LogP) is 1.21. The number of nitrogens with zero attached hydrogens (tertiary/aromatic N) is 2. The highest BCUT2D eigenvalue weighted by Crippen LogP contribution is 2.17.